The van der Waals surface area contributed by atoms with Gasteiger partial charge in [-0.3, -0.25) is 9.59 Å². The number of rotatable bonds is 24. The summed E-state index contributed by atoms with van der Waals surface area (Å²) in [4.78, 5) is 51.5. The Labute approximate surface area is 479 Å². The van der Waals surface area contributed by atoms with E-state index < -0.39 is 272 Å². The van der Waals surface area contributed by atoms with Gasteiger partial charge >= 0.3 is 11.9 Å². The molecule has 492 valence electrons. The Bertz CT molecular complexity index is 2190. The van der Waals surface area contributed by atoms with E-state index in [0.717, 1.165) is 13.8 Å². The Morgan fingerprint density at radius 1 is 0.482 bits per heavy atom. The summed E-state index contributed by atoms with van der Waals surface area (Å²) < 4.78 is 62.6. The molecule has 2 amide bonds. The monoisotopic (exact) mass is 1250 g/mol. The van der Waals surface area contributed by atoms with Crippen LogP contribution < -0.4 is 10.6 Å². The van der Waals surface area contributed by atoms with Gasteiger partial charge in [-0.2, -0.15) is 0 Å². The third kappa shape index (κ3) is 15.1. The summed E-state index contributed by atoms with van der Waals surface area (Å²) in [6, 6.07) is -3.82. The van der Waals surface area contributed by atoms with Crippen LogP contribution in [0.3, 0.4) is 0 Å². The summed E-state index contributed by atoms with van der Waals surface area (Å²) in [6.07, 6.45) is -63.9. The van der Waals surface area contributed by atoms with Crippen molar-refractivity contribution >= 4 is 23.8 Å². The van der Waals surface area contributed by atoms with E-state index in [2.05, 4.69) is 10.6 Å². The third-order valence-corrected chi connectivity index (χ3v) is 15.2. The molecule has 24 N–H and O–H groups in total. The lowest BCUT2D eigenvalue weighted by Gasteiger charge is -2.51. The second-order valence-electron chi connectivity index (χ2n) is 21.1. The van der Waals surface area contributed by atoms with Crippen molar-refractivity contribution in [2.24, 2.45) is 0 Å². The minimum atomic E-state index is -3.33. The second kappa shape index (κ2) is 29.5. The highest BCUT2D eigenvalue weighted by Crippen LogP contribution is 2.41. The lowest BCUT2D eigenvalue weighted by Crippen LogP contribution is -2.71. The van der Waals surface area contributed by atoms with E-state index in [1.54, 1.807) is 0 Å². The number of carboxylic acid groups (broad SMARTS) is 2. The highest BCUT2D eigenvalue weighted by molar-refractivity contribution is 5.77. The molecule has 6 aliphatic rings. The zero-order valence-corrected chi connectivity index (χ0v) is 44.9. The molecule has 0 unspecified atom stereocenters. The molecule has 0 bridgehead atoms. The molecule has 0 radical (unpaired) electrons. The van der Waals surface area contributed by atoms with Crippen molar-refractivity contribution < 1.29 is 184 Å². The second-order valence-corrected chi connectivity index (χ2v) is 21.1. The Balaban J connectivity index is 1.39. The van der Waals surface area contributed by atoms with E-state index in [-0.39, 0.29) is 0 Å². The van der Waals surface area contributed by atoms with Crippen LogP contribution in [0.25, 0.3) is 0 Å². The van der Waals surface area contributed by atoms with Gasteiger partial charge in [0.1, 0.15) is 140 Å². The van der Waals surface area contributed by atoms with Crippen LogP contribution in [0.2, 0.25) is 0 Å². The molecule has 39 nitrogen and oxygen atoms in total. The minimum Gasteiger partial charge on any atom is -0.477 e. The van der Waals surface area contributed by atoms with Crippen molar-refractivity contribution in [2.75, 3.05) is 39.6 Å². The van der Waals surface area contributed by atoms with Crippen LogP contribution in [0.15, 0.2) is 0 Å². The molecule has 39 heteroatoms. The van der Waals surface area contributed by atoms with Gasteiger partial charge in [0.05, 0.1) is 57.9 Å². The standard InChI is InChI=1S/C46H76N2O37/c1-11(54)47-21-13(56)3-45(43(71)72,83-36(21)24(61)15(58)5-49)75-10-20-27(64)35(82-42-32(69)38(26(63)17(7-51)77-42)85-46(44(73)74)4-14(57)23(60)37(84-46)25(62)16(59)6-50)22(48-12(2)55)40(79-20)80-34-19(9-53)78-41(31(68)29(34)66)81-33-18(8-52)76-39(70)30(67)28(33)65/h13-42,49-53,56-70H,3-10H2,1-2H3,(H,47,54)(H,48,55)(H,71,72)(H,73,74)/t13-,14-,15+,16+,17+,18+,19+,20+,21+,22+,23+,24+,25+,26-,27-,28+,29-,30+,31+,32+,33+,34-,35+,36+,37+,38-,39+,40-,41-,42-,45+,46-/m0/s1. The molecule has 6 heterocycles. The first-order valence-electron chi connectivity index (χ1n) is 26.4. The van der Waals surface area contributed by atoms with Gasteiger partial charge in [-0.15, -0.1) is 0 Å². The number of hydrogen-bond donors (Lipinski definition) is 24. The van der Waals surface area contributed by atoms with E-state index in [4.69, 9.17) is 52.1 Å². The van der Waals surface area contributed by atoms with Crippen LogP contribution in [-0.2, 0) is 71.3 Å². The van der Waals surface area contributed by atoms with Crippen molar-refractivity contribution in [1.82, 2.24) is 10.6 Å². The molecule has 6 aliphatic heterocycles. The maximum Gasteiger partial charge on any atom is 0.364 e. The summed E-state index contributed by atoms with van der Waals surface area (Å²) >= 11 is 0. The van der Waals surface area contributed by atoms with E-state index in [9.17, 15) is 132 Å². The van der Waals surface area contributed by atoms with E-state index in [1.807, 2.05) is 0 Å². The number of carbonyl (C=O) groups excluding carboxylic acids is 2. The molecule has 0 saturated carbocycles. The van der Waals surface area contributed by atoms with Crippen LogP contribution in [0.4, 0.5) is 0 Å². The number of carbonyl (C=O) groups is 4. The van der Waals surface area contributed by atoms with Gasteiger partial charge < -0.3 is 175 Å². The van der Waals surface area contributed by atoms with Gasteiger partial charge in [0.2, 0.25) is 11.8 Å². The molecular weight excluding hydrogens is 1170 g/mol. The van der Waals surface area contributed by atoms with Crippen molar-refractivity contribution in [2.45, 2.75) is 222 Å². The molecular formula is C46H76N2O37. The van der Waals surface area contributed by atoms with Crippen LogP contribution in [0.5, 0.6) is 0 Å². The maximum atomic E-state index is 13.2. The number of nitrogens with one attached hydrogen (secondary N) is 2. The zero-order chi connectivity index (χ0) is 63.5. The Kier molecular flexibility index (Phi) is 24.6. The fourth-order valence-corrected chi connectivity index (χ4v) is 10.6. The van der Waals surface area contributed by atoms with Gasteiger partial charge in [0.25, 0.3) is 11.6 Å². The summed E-state index contributed by atoms with van der Waals surface area (Å²) in [7, 11) is 0. The first kappa shape index (κ1) is 70.7. The van der Waals surface area contributed by atoms with E-state index in [1.165, 1.54) is 0 Å². The number of ether oxygens (including phenoxy) is 11. The summed E-state index contributed by atoms with van der Waals surface area (Å²) in [5.74, 6) is -12.7. The molecule has 0 aromatic carbocycles. The largest absolute Gasteiger partial charge is 0.477 e. The fraction of sp³-hybridized carbons (Fsp3) is 0.913. The highest BCUT2D eigenvalue weighted by Gasteiger charge is 2.62. The van der Waals surface area contributed by atoms with E-state index in [0.29, 0.717) is 0 Å². The average Bonchev–Trinajstić information content (AvgIpc) is 2.33. The highest BCUT2D eigenvalue weighted by atomic mass is 16.8. The number of aliphatic hydroxyl groups is 20. The summed E-state index contributed by atoms with van der Waals surface area (Å²) in [6.45, 7) is -5.32. The number of carboxylic acids is 2. The lowest BCUT2D eigenvalue weighted by molar-refractivity contribution is -0.393. The van der Waals surface area contributed by atoms with Crippen LogP contribution >= 0.6 is 0 Å². The van der Waals surface area contributed by atoms with Gasteiger partial charge in [-0.1, -0.05) is 0 Å². The smallest absolute Gasteiger partial charge is 0.364 e. The van der Waals surface area contributed by atoms with Crippen molar-refractivity contribution in [3.05, 3.63) is 0 Å². The predicted octanol–water partition coefficient (Wildman–Crippen LogP) is -15.4. The van der Waals surface area contributed by atoms with Crippen LogP contribution in [0, 0.1) is 0 Å². The van der Waals surface area contributed by atoms with Crippen LogP contribution in [-0.4, -0.2) is 371 Å². The molecule has 0 aromatic heterocycles. The minimum absolute atomic E-state index is 0.864. The van der Waals surface area contributed by atoms with Crippen molar-refractivity contribution in [3.63, 3.8) is 0 Å². The summed E-state index contributed by atoms with van der Waals surface area (Å²) in [5, 5.41) is 240. The van der Waals surface area contributed by atoms with Gasteiger partial charge in [0, 0.05) is 26.7 Å². The number of aliphatic carboxylic acids is 2. The molecule has 32 atom stereocenters. The topological polar surface area (TPSA) is 639 Å². The molecule has 6 fully saturated rings. The third-order valence-electron chi connectivity index (χ3n) is 15.2. The molecule has 0 aromatic rings. The first-order chi connectivity index (χ1) is 39.9. The average molecular weight is 1250 g/mol. The molecule has 6 rings (SSSR count). The van der Waals surface area contributed by atoms with Gasteiger partial charge in [0.15, 0.2) is 25.2 Å². The first-order valence-corrected chi connectivity index (χ1v) is 26.4. The van der Waals surface area contributed by atoms with E-state index >= 15 is 0 Å². The van der Waals surface area contributed by atoms with Gasteiger partial charge in [-0.25, -0.2) is 9.59 Å². The molecule has 0 aliphatic carbocycles. The number of amides is 2. The number of aliphatic hydroxyl groups excluding tert-OH is 20. The normalized spacial score (nSPS) is 45.9. The van der Waals surface area contributed by atoms with Crippen molar-refractivity contribution in [1.29, 1.82) is 0 Å². The zero-order valence-electron chi connectivity index (χ0n) is 44.9. The summed E-state index contributed by atoms with van der Waals surface area (Å²) in [5.41, 5.74) is 0. The lowest BCUT2D eigenvalue weighted by atomic mass is 9.88. The Morgan fingerprint density at radius 2 is 0.929 bits per heavy atom. The SMILES string of the molecule is CC(=O)N[C@H]1[C@H](O[C@@H]2[C@@H](O)[C@@H](O)[C@H](O[C@H]3[C@H](O)[C@@H](O)[C@H](O)O[C@@H]3CO)O[C@@H]2CO)O[C@H](CO[C@]2(C(=O)O)C[C@H](O)[C@@H](NC(C)=O)[C@H]([C@H](O)[C@H](O)CO)O2)[C@H](O)[C@@H]1O[C@@H]1O[C@H](CO)[C@H](O)[C@H](O[C@]2(C(=O)O)C[C@H](O)[C@@H](O)[C@H]([C@H](O)[C@H](O)CO)O2)[C@H]1O. The quantitative estimate of drug-likeness (QED) is 0.0427. The Hall–Kier alpha value is -3.36. The van der Waals surface area contributed by atoms with Gasteiger partial charge in [-0.05, 0) is 0 Å². The number of hydrogen-bond acceptors (Lipinski definition) is 35. The predicted molar refractivity (Wildman–Crippen MR) is 257 cm³/mol. The van der Waals surface area contributed by atoms with Crippen LogP contribution in [0.1, 0.15) is 26.7 Å². The maximum absolute atomic E-state index is 13.2. The molecule has 0 spiro atoms. The molecule has 6 saturated heterocycles. The Morgan fingerprint density at radius 3 is 1.47 bits per heavy atom. The fourth-order valence-electron chi connectivity index (χ4n) is 10.6. The molecule has 85 heavy (non-hydrogen) atoms. The van der Waals surface area contributed by atoms with Crippen molar-refractivity contribution in [3.8, 4) is 0 Å².